The molecule has 3 rings (SSSR count). The Bertz CT molecular complexity index is 564. The monoisotopic (exact) mass is 288 g/mol. The molecule has 1 aromatic carbocycles. The number of hydrogen-bond acceptors (Lipinski definition) is 4. The molecule has 0 aliphatic carbocycles. The summed E-state index contributed by atoms with van der Waals surface area (Å²) in [5, 5.41) is 4.08. The lowest BCUT2D eigenvalue weighted by Crippen LogP contribution is -2.20. The number of hydrogen-bond donors (Lipinski definition) is 1. The van der Waals surface area contributed by atoms with Crippen LogP contribution in [0.4, 0.5) is 11.8 Å². The first-order chi connectivity index (χ1) is 9.81. The van der Waals surface area contributed by atoms with Gasteiger partial charge in [0.2, 0.25) is 5.95 Å². The van der Waals surface area contributed by atoms with Gasteiger partial charge in [-0.3, -0.25) is 0 Å². The average Bonchev–Trinajstić information content (AvgIpc) is 3.01. The summed E-state index contributed by atoms with van der Waals surface area (Å²) in [6.45, 7) is 2.84. The topological polar surface area (TPSA) is 41.1 Å². The first kappa shape index (κ1) is 13.2. The van der Waals surface area contributed by atoms with Crippen LogP contribution in [0.15, 0.2) is 36.5 Å². The SMILES string of the molecule is Clc1ccc(CNc2ccnc(N3CCCC3)n2)cc1. The van der Waals surface area contributed by atoms with E-state index >= 15 is 0 Å². The minimum Gasteiger partial charge on any atom is -0.366 e. The first-order valence-corrected chi connectivity index (χ1v) is 7.25. The molecule has 1 aliphatic heterocycles. The van der Waals surface area contributed by atoms with Gasteiger partial charge in [0.25, 0.3) is 0 Å². The van der Waals surface area contributed by atoms with Gasteiger partial charge in [-0.1, -0.05) is 23.7 Å². The molecule has 0 amide bonds. The Balaban J connectivity index is 1.65. The number of anilines is 2. The van der Waals surface area contributed by atoms with Crippen LogP contribution in [0.2, 0.25) is 5.02 Å². The molecule has 4 nitrogen and oxygen atoms in total. The fourth-order valence-corrected chi connectivity index (χ4v) is 2.44. The fraction of sp³-hybridized carbons (Fsp3) is 0.333. The Morgan fingerprint density at radius 1 is 1.10 bits per heavy atom. The highest BCUT2D eigenvalue weighted by atomic mass is 35.5. The molecule has 0 saturated carbocycles. The second-order valence-electron chi connectivity index (χ2n) is 4.92. The molecule has 2 heterocycles. The minimum absolute atomic E-state index is 0.730. The largest absolute Gasteiger partial charge is 0.366 e. The number of nitrogens with one attached hydrogen (secondary N) is 1. The van der Waals surface area contributed by atoms with E-state index in [9.17, 15) is 0 Å². The quantitative estimate of drug-likeness (QED) is 0.937. The summed E-state index contributed by atoms with van der Waals surface area (Å²) in [5.41, 5.74) is 1.18. The van der Waals surface area contributed by atoms with Gasteiger partial charge < -0.3 is 10.2 Å². The van der Waals surface area contributed by atoms with Crippen molar-refractivity contribution in [1.82, 2.24) is 9.97 Å². The normalized spacial score (nSPS) is 14.6. The third-order valence-electron chi connectivity index (χ3n) is 3.42. The van der Waals surface area contributed by atoms with Crippen molar-refractivity contribution < 1.29 is 0 Å². The van der Waals surface area contributed by atoms with Crippen molar-refractivity contribution in [2.75, 3.05) is 23.3 Å². The maximum atomic E-state index is 5.88. The molecule has 0 atom stereocenters. The van der Waals surface area contributed by atoms with E-state index in [0.717, 1.165) is 36.4 Å². The molecule has 0 spiro atoms. The summed E-state index contributed by atoms with van der Waals surface area (Å²) in [6, 6.07) is 9.72. The molecular formula is C15H17ClN4. The summed E-state index contributed by atoms with van der Waals surface area (Å²) in [5.74, 6) is 1.68. The van der Waals surface area contributed by atoms with Crippen molar-refractivity contribution in [2.45, 2.75) is 19.4 Å². The van der Waals surface area contributed by atoms with Crippen LogP contribution < -0.4 is 10.2 Å². The smallest absolute Gasteiger partial charge is 0.227 e. The van der Waals surface area contributed by atoms with E-state index in [0.29, 0.717) is 0 Å². The van der Waals surface area contributed by atoms with E-state index in [-0.39, 0.29) is 0 Å². The highest BCUT2D eigenvalue weighted by molar-refractivity contribution is 6.30. The number of aromatic nitrogens is 2. The highest BCUT2D eigenvalue weighted by Gasteiger charge is 2.14. The highest BCUT2D eigenvalue weighted by Crippen LogP contribution is 2.17. The van der Waals surface area contributed by atoms with E-state index in [1.165, 1.54) is 18.4 Å². The van der Waals surface area contributed by atoms with Gasteiger partial charge in [-0.15, -0.1) is 0 Å². The predicted octanol–water partition coefficient (Wildman–Crippen LogP) is 3.34. The summed E-state index contributed by atoms with van der Waals surface area (Å²) in [4.78, 5) is 11.1. The number of benzene rings is 1. The van der Waals surface area contributed by atoms with Crippen LogP contribution in [0.3, 0.4) is 0 Å². The standard InChI is InChI=1S/C15H17ClN4/c16-13-5-3-12(4-6-13)11-18-14-7-8-17-15(19-14)20-9-1-2-10-20/h3-8H,1-2,9-11H2,(H,17,18,19). The molecule has 1 saturated heterocycles. The molecule has 5 heteroatoms. The fourth-order valence-electron chi connectivity index (χ4n) is 2.31. The summed E-state index contributed by atoms with van der Waals surface area (Å²) in [7, 11) is 0. The average molecular weight is 289 g/mol. The molecule has 1 N–H and O–H groups in total. The summed E-state index contributed by atoms with van der Waals surface area (Å²) >= 11 is 5.88. The van der Waals surface area contributed by atoms with Gasteiger partial charge in [-0.05, 0) is 36.6 Å². The summed E-state index contributed by atoms with van der Waals surface area (Å²) in [6.07, 6.45) is 4.27. The molecule has 2 aromatic rings. The van der Waals surface area contributed by atoms with Crippen LogP contribution in [0.1, 0.15) is 18.4 Å². The van der Waals surface area contributed by atoms with E-state index in [1.807, 2.05) is 36.5 Å². The molecule has 0 radical (unpaired) electrons. The zero-order valence-corrected chi connectivity index (χ0v) is 12.0. The second-order valence-corrected chi connectivity index (χ2v) is 5.35. The van der Waals surface area contributed by atoms with Gasteiger partial charge in [0.15, 0.2) is 0 Å². The number of nitrogens with zero attached hydrogens (tertiary/aromatic N) is 3. The van der Waals surface area contributed by atoms with Crippen molar-refractivity contribution >= 4 is 23.4 Å². The van der Waals surface area contributed by atoms with Crippen LogP contribution in [-0.2, 0) is 6.54 Å². The van der Waals surface area contributed by atoms with Crippen LogP contribution in [-0.4, -0.2) is 23.1 Å². The lowest BCUT2D eigenvalue weighted by Gasteiger charge is -2.15. The lowest BCUT2D eigenvalue weighted by molar-refractivity contribution is 0.896. The molecule has 1 fully saturated rings. The van der Waals surface area contributed by atoms with E-state index < -0.39 is 0 Å². The van der Waals surface area contributed by atoms with Gasteiger partial charge >= 0.3 is 0 Å². The van der Waals surface area contributed by atoms with Gasteiger partial charge in [0, 0.05) is 30.9 Å². The Morgan fingerprint density at radius 3 is 2.60 bits per heavy atom. The van der Waals surface area contributed by atoms with Gasteiger partial charge in [0.1, 0.15) is 5.82 Å². The molecule has 0 unspecified atom stereocenters. The van der Waals surface area contributed by atoms with Crippen LogP contribution in [0, 0.1) is 0 Å². The van der Waals surface area contributed by atoms with Gasteiger partial charge in [-0.2, -0.15) is 4.98 Å². The van der Waals surface area contributed by atoms with Crippen molar-refractivity contribution in [3.8, 4) is 0 Å². The number of halogens is 1. The second kappa shape index (κ2) is 6.09. The van der Waals surface area contributed by atoms with Crippen molar-refractivity contribution in [3.63, 3.8) is 0 Å². The molecule has 1 aromatic heterocycles. The molecule has 20 heavy (non-hydrogen) atoms. The van der Waals surface area contributed by atoms with E-state index in [2.05, 4.69) is 20.2 Å². The third kappa shape index (κ3) is 3.20. The number of rotatable bonds is 4. The van der Waals surface area contributed by atoms with Crippen molar-refractivity contribution in [2.24, 2.45) is 0 Å². The van der Waals surface area contributed by atoms with Crippen LogP contribution in [0.5, 0.6) is 0 Å². The molecular weight excluding hydrogens is 272 g/mol. The van der Waals surface area contributed by atoms with E-state index in [1.54, 1.807) is 0 Å². The molecule has 104 valence electrons. The van der Waals surface area contributed by atoms with Crippen LogP contribution >= 0.6 is 11.6 Å². The Hall–Kier alpha value is -1.81. The molecule has 1 aliphatic rings. The Labute approximate surface area is 123 Å². The maximum Gasteiger partial charge on any atom is 0.227 e. The maximum absolute atomic E-state index is 5.88. The molecule has 0 bridgehead atoms. The minimum atomic E-state index is 0.730. The summed E-state index contributed by atoms with van der Waals surface area (Å²) < 4.78 is 0. The lowest BCUT2D eigenvalue weighted by atomic mass is 10.2. The van der Waals surface area contributed by atoms with Crippen LogP contribution in [0.25, 0.3) is 0 Å². The first-order valence-electron chi connectivity index (χ1n) is 6.87. The zero-order valence-electron chi connectivity index (χ0n) is 11.2. The van der Waals surface area contributed by atoms with Gasteiger partial charge in [-0.25, -0.2) is 4.98 Å². The Morgan fingerprint density at radius 2 is 1.85 bits per heavy atom. The van der Waals surface area contributed by atoms with Crippen molar-refractivity contribution in [1.29, 1.82) is 0 Å². The predicted molar refractivity (Wildman–Crippen MR) is 82.3 cm³/mol. The van der Waals surface area contributed by atoms with E-state index in [4.69, 9.17) is 11.6 Å². The third-order valence-corrected chi connectivity index (χ3v) is 3.67. The van der Waals surface area contributed by atoms with Crippen molar-refractivity contribution in [3.05, 3.63) is 47.1 Å². The van der Waals surface area contributed by atoms with Gasteiger partial charge in [0.05, 0.1) is 0 Å². The Kier molecular flexibility index (Phi) is 4.02. The zero-order chi connectivity index (χ0) is 13.8.